The van der Waals surface area contributed by atoms with E-state index in [1.807, 2.05) is 38.1 Å². The molecule has 0 unspecified atom stereocenters. The summed E-state index contributed by atoms with van der Waals surface area (Å²) in [4.78, 5) is 2.38. The third kappa shape index (κ3) is 19.7. The minimum absolute atomic E-state index is 0.186. The molecular formula is C72H88F4IN3P4. The molecule has 8 aromatic carbocycles. The SMILES string of the molecule is CC.CCCCN(P(c1ccccc1F)c1ccccc1F)P1[C@@H](c2ccccc2)CC[C@@H]1c1ccccc1.CCCCNP1[C@H](c2ccccc2)CC[C@H]1c1ccccc1.CCN(CC)CC.Fc1ccccc1P(I)c1ccccc1F. The first-order valence-electron chi connectivity index (χ1n) is 30.4. The Bertz CT molecular complexity index is 2860. The summed E-state index contributed by atoms with van der Waals surface area (Å²) in [6, 6.07) is 70.8. The second-order valence-electron chi connectivity index (χ2n) is 20.4. The van der Waals surface area contributed by atoms with Gasteiger partial charge in [0.1, 0.15) is 23.3 Å². The molecule has 0 radical (unpaired) electrons. The van der Waals surface area contributed by atoms with Crippen LogP contribution in [0.3, 0.4) is 0 Å². The highest BCUT2D eigenvalue weighted by atomic mass is 127. The monoisotopic (exact) mass is 1320 g/mol. The van der Waals surface area contributed by atoms with Crippen molar-refractivity contribution >= 4 is 73.0 Å². The molecule has 2 fully saturated rings. The van der Waals surface area contributed by atoms with Gasteiger partial charge in [0.05, 0.1) is 0 Å². The third-order valence-corrected chi connectivity index (χ3v) is 29.5. The van der Waals surface area contributed by atoms with E-state index in [0.29, 0.717) is 43.9 Å². The fourth-order valence-electron chi connectivity index (χ4n) is 10.8. The van der Waals surface area contributed by atoms with Gasteiger partial charge in [-0.05, 0) is 162 Å². The van der Waals surface area contributed by atoms with E-state index in [1.165, 1.54) is 91.8 Å². The van der Waals surface area contributed by atoms with Crippen molar-refractivity contribution in [1.29, 1.82) is 0 Å². The van der Waals surface area contributed by atoms with Crippen molar-refractivity contribution in [1.82, 2.24) is 14.4 Å². The van der Waals surface area contributed by atoms with E-state index in [9.17, 15) is 8.78 Å². The van der Waals surface area contributed by atoms with E-state index in [1.54, 1.807) is 48.5 Å². The quantitative estimate of drug-likeness (QED) is 0.0355. The van der Waals surface area contributed by atoms with Crippen molar-refractivity contribution in [2.45, 2.75) is 122 Å². The zero-order chi connectivity index (χ0) is 60.1. The van der Waals surface area contributed by atoms with Crippen molar-refractivity contribution < 1.29 is 17.6 Å². The molecule has 2 saturated heterocycles. The van der Waals surface area contributed by atoms with Crippen LogP contribution in [0.2, 0.25) is 0 Å². The van der Waals surface area contributed by atoms with Crippen molar-refractivity contribution in [3.8, 4) is 0 Å². The van der Waals surface area contributed by atoms with E-state index >= 15 is 8.78 Å². The number of benzene rings is 8. The summed E-state index contributed by atoms with van der Waals surface area (Å²) in [7, 11) is -2.37. The number of halogens is 5. The largest absolute Gasteiger partial charge is 0.304 e. The Hall–Kier alpha value is -4.19. The lowest BCUT2D eigenvalue weighted by molar-refractivity contribution is 0.321. The fraction of sp³-hybridized carbons (Fsp3) is 0.333. The Balaban J connectivity index is 0.000000203. The minimum atomic E-state index is -1.40. The topological polar surface area (TPSA) is 18.5 Å². The lowest BCUT2D eigenvalue weighted by Gasteiger charge is -2.42. The van der Waals surface area contributed by atoms with E-state index in [4.69, 9.17) is 0 Å². The smallest absolute Gasteiger partial charge is 0.132 e. The molecular weight excluding hydrogens is 1230 g/mol. The molecule has 0 amide bonds. The first-order chi connectivity index (χ1) is 41.1. The average Bonchev–Trinajstić information content (AvgIpc) is 1.93. The molecule has 4 atom stereocenters. The summed E-state index contributed by atoms with van der Waals surface area (Å²) < 4.78 is 60.7. The van der Waals surface area contributed by atoms with Crippen LogP contribution in [0.15, 0.2) is 218 Å². The van der Waals surface area contributed by atoms with Crippen molar-refractivity contribution in [2.24, 2.45) is 0 Å². The van der Waals surface area contributed by atoms with Gasteiger partial charge in [-0.2, -0.15) is 0 Å². The molecule has 0 spiro atoms. The molecule has 446 valence electrons. The van der Waals surface area contributed by atoms with Gasteiger partial charge >= 0.3 is 0 Å². The Kier molecular flexibility index (Phi) is 31.3. The molecule has 0 aliphatic carbocycles. The summed E-state index contributed by atoms with van der Waals surface area (Å²) in [5.74, 6) is -1.04. The summed E-state index contributed by atoms with van der Waals surface area (Å²) >= 11 is 2.11. The highest BCUT2D eigenvalue weighted by Crippen LogP contribution is 2.76. The number of nitrogens with one attached hydrogen (secondary N) is 1. The second kappa shape index (κ2) is 38.2. The first kappa shape index (κ1) is 68.9. The molecule has 0 bridgehead atoms. The highest BCUT2D eigenvalue weighted by molar-refractivity contribution is 14.2. The van der Waals surface area contributed by atoms with Gasteiger partial charge in [0.2, 0.25) is 0 Å². The molecule has 2 aliphatic rings. The van der Waals surface area contributed by atoms with Crippen LogP contribution >= 0.6 is 51.8 Å². The van der Waals surface area contributed by atoms with Crippen LogP contribution in [0.4, 0.5) is 17.6 Å². The van der Waals surface area contributed by atoms with Crippen molar-refractivity contribution in [2.75, 3.05) is 32.7 Å². The number of nitrogens with zero attached hydrogens (tertiary/aromatic N) is 2. The van der Waals surface area contributed by atoms with Crippen LogP contribution in [-0.2, 0) is 0 Å². The Morgan fingerprint density at radius 1 is 0.417 bits per heavy atom. The maximum atomic E-state index is 15.5. The van der Waals surface area contributed by atoms with Crippen LogP contribution in [0.1, 0.15) is 145 Å². The number of hydrogen-bond donors (Lipinski definition) is 1. The fourth-order valence-corrected chi connectivity index (χ4v) is 25.0. The van der Waals surface area contributed by atoms with Crippen LogP contribution in [-0.4, -0.2) is 42.1 Å². The average molecular weight is 1320 g/mol. The summed E-state index contributed by atoms with van der Waals surface area (Å²) in [5.41, 5.74) is 6.84. The molecule has 2 aliphatic heterocycles. The molecule has 12 heteroatoms. The number of hydrogen-bond acceptors (Lipinski definition) is 3. The third-order valence-electron chi connectivity index (χ3n) is 15.1. The predicted molar refractivity (Wildman–Crippen MR) is 370 cm³/mol. The lowest BCUT2D eigenvalue weighted by Crippen LogP contribution is -2.30. The molecule has 3 nitrogen and oxygen atoms in total. The summed E-state index contributed by atoms with van der Waals surface area (Å²) in [6.45, 7) is 20.6. The maximum absolute atomic E-state index is 15.5. The maximum Gasteiger partial charge on any atom is 0.132 e. The van der Waals surface area contributed by atoms with Gasteiger partial charge in [-0.3, -0.25) is 9.53 Å². The Morgan fingerprint density at radius 3 is 1.02 bits per heavy atom. The molecule has 2 heterocycles. The van der Waals surface area contributed by atoms with Crippen LogP contribution < -0.4 is 26.3 Å². The molecule has 0 aromatic heterocycles. The summed E-state index contributed by atoms with van der Waals surface area (Å²) in [6.07, 6.45) is 9.35. The number of unbranched alkanes of at least 4 members (excludes halogenated alkanes) is 2. The van der Waals surface area contributed by atoms with E-state index in [0.717, 1.165) is 38.8 Å². The van der Waals surface area contributed by atoms with E-state index in [-0.39, 0.29) is 31.3 Å². The Labute approximate surface area is 520 Å². The minimum Gasteiger partial charge on any atom is -0.304 e. The molecule has 10 rings (SSSR count). The van der Waals surface area contributed by atoms with E-state index in [2.05, 4.69) is 192 Å². The first-order valence-corrected chi connectivity index (χ1v) is 38.7. The standard InChI is InChI=1S/C32H33F2NP2.C20H26NP.C12H8F2IP.C6H15N.C2H6/c1-2-3-24-35(37(31-20-12-10-18-27(31)33)32-21-13-11-19-28(32)34)36-29(25-14-6-4-7-15-25)22-23-30(36)26-16-8-5-9-17-26;1-2-3-16-21-22-19(17-10-6-4-7-11-17)14-15-20(22)18-12-8-5-9-13-18;13-9-5-1-3-7-11(9)16(15)12-8-4-2-6-10(12)14;1-4-7(5-2)6-3;1-2/h4-21,29-30H,2-3,22-24H2,1H3;4-13,19-21H,2-3,14-16H2,1H3;1-8H;4-6H2,1-3H3;1-2H3/t29-,30-;19-,20-;;;/m10.../s1. The van der Waals surface area contributed by atoms with Gasteiger partial charge in [-0.15, -0.1) is 0 Å². The molecule has 8 aromatic rings. The second-order valence-corrected chi connectivity index (χ2v) is 32.0. The van der Waals surface area contributed by atoms with Crippen LogP contribution in [0, 0.1) is 23.3 Å². The Morgan fingerprint density at radius 2 is 0.714 bits per heavy atom. The van der Waals surface area contributed by atoms with Crippen LogP contribution in [0.25, 0.3) is 0 Å². The van der Waals surface area contributed by atoms with Gasteiger partial charge in [-0.25, -0.2) is 17.6 Å². The molecule has 84 heavy (non-hydrogen) atoms. The zero-order valence-corrected chi connectivity index (χ0v) is 56.1. The number of rotatable bonds is 20. The molecule has 0 saturated carbocycles. The highest BCUT2D eigenvalue weighted by Gasteiger charge is 2.45. The van der Waals surface area contributed by atoms with Gasteiger partial charge < -0.3 is 4.90 Å². The van der Waals surface area contributed by atoms with E-state index < -0.39 is 21.7 Å². The van der Waals surface area contributed by atoms with Crippen molar-refractivity contribution in [3.05, 3.63) is 264 Å². The molecule has 1 N–H and O–H groups in total. The van der Waals surface area contributed by atoms with Gasteiger partial charge in [0.15, 0.2) is 0 Å². The van der Waals surface area contributed by atoms with Gasteiger partial charge in [-0.1, -0.05) is 243 Å². The van der Waals surface area contributed by atoms with Crippen molar-refractivity contribution in [3.63, 3.8) is 0 Å². The zero-order valence-electron chi connectivity index (χ0n) is 50.4. The lowest BCUT2D eigenvalue weighted by atomic mass is 10.0. The van der Waals surface area contributed by atoms with Crippen LogP contribution in [0.5, 0.6) is 0 Å². The van der Waals surface area contributed by atoms with Gasteiger partial charge in [0.25, 0.3) is 0 Å². The van der Waals surface area contributed by atoms with Gasteiger partial charge in [0, 0.05) is 64.0 Å². The normalized spacial score (nSPS) is 16.7. The predicted octanol–water partition coefficient (Wildman–Crippen LogP) is 21.3. The summed E-state index contributed by atoms with van der Waals surface area (Å²) in [5, 5.41) is 6.32.